The third kappa shape index (κ3) is 6.92. The number of rotatable bonds is 6. The second-order valence-corrected chi connectivity index (χ2v) is 13.1. The van der Waals surface area contributed by atoms with E-state index in [4.69, 9.17) is 32.9 Å². The average Bonchev–Trinajstić information content (AvgIpc) is 3.22. The van der Waals surface area contributed by atoms with E-state index in [0.717, 1.165) is 31.2 Å². The van der Waals surface area contributed by atoms with Gasteiger partial charge >= 0.3 is 0 Å². The molecule has 0 aliphatic carbocycles. The first kappa shape index (κ1) is 29.9. The summed E-state index contributed by atoms with van der Waals surface area (Å²) >= 11 is 21.4. The number of anilines is 1. The average molecular weight is 731 g/mol. The first-order chi connectivity index (χ1) is 19.6. The number of nitrogens with zero attached hydrogens (tertiary/aromatic N) is 2. The Labute approximate surface area is 270 Å². The highest BCUT2D eigenvalue weighted by Crippen LogP contribution is 2.41. The zero-order valence-electron chi connectivity index (χ0n) is 22.3. The maximum Gasteiger partial charge on any atom is 0.271 e. The van der Waals surface area contributed by atoms with Gasteiger partial charge < -0.3 is 4.74 Å². The van der Waals surface area contributed by atoms with Crippen molar-refractivity contribution in [3.05, 3.63) is 125 Å². The Hall–Kier alpha value is -2.55. The van der Waals surface area contributed by atoms with Gasteiger partial charge in [0.2, 0.25) is 0 Å². The van der Waals surface area contributed by atoms with Gasteiger partial charge in [0.25, 0.3) is 5.91 Å². The van der Waals surface area contributed by atoms with Crippen molar-refractivity contribution in [2.45, 2.75) is 27.4 Å². The highest BCUT2D eigenvalue weighted by Gasteiger charge is 2.35. The van der Waals surface area contributed by atoms with Gasteiger partial charge in [-0.05, 0) is 129 Å². The fraction of sp³-hybridized carbons (Fsp3) is 0.125. The lowest BCUT2D eigenvalue weighted by atomic mass is 10.1. The third-order valence-electron chi connectivity index (χ3n) is 6.42. The lowest BCUT2D eigenvalue weighted by molar-refractivity contribution is -0.113. The van der Waals surface area contributed by atoms with Crippen molar-refractivity contribution >= 4 is 95.3 Å². The quantitative estimate of drug-likeness (QED) is 0.186. The van der Waals surface area contributed by atoms with Gasteiger partial charge in [-0.3, -0.25) is 9.69 Å². The van der Waals surface area contributed by atoms with Gasteiger partial charge in [-0.25, -0.2) is 4.99 Å². The summed E-state index contributed by atoms with van der Waals surface area (Å²) in [4.78, 5) is 20.7. The van der Waals surface area contributed by atoms with Gasteiger partial charge in [-0.15, -0.1) is 0 Å². The van der Waals surface area contributed by atoms with E-state index in [1.54, 1.807) is 17.0 Å². The molecule has 1 saturated heterocycles. The molecule has 0 N–H and O–H groups in total. The Kier molecular flexibility index (Phi) is 9.31. The van der Waals surface area contributed by atoms with Crippen LogP contribution in [-0.2, 0) is 11.4 Å². The summed E-state index contributed by atoms with van der Waals surface area (Å²) in [5.41, 5.74) is 6.27. The number of amidine groups is 1. The van der Waals surface area contributed by atoms with E-state index in [1.165, 1.54) is 17.3 Å². The van der Waals surface area contributed by atoms with E-state index < -0.39 is 0 Å². The Balaban J connectivity index is 1.47. The number of halogens is 4. The number of carbonyl (C=O) groups is 1. The molecule has 41 heavy (non-hydrogen) atoms. The summed E-state index contributed by atoms with van der Waals surface area (Å²) in [6.45, 7) is 6.35. The molecule has 4 aromatic rings. The molecule has 0 unspecified atom stereocenters. The number of hydrogen-bond acceptors (Lipinski definition) is 4. The Morgan fingerprint density at radius 1 is 0.878 bits per heavy atom. The summed E-state index contributed by atoms with van der Waals surface area (Å²) in [7, 11) is 0. The Morgan fingerprint density at radius 2 is 1.51 bits per heavy atom. The highest BCUT2D eigenvalue weighted by molar-refractivity contribution is 9.11. The predicted octanol–water partition coefficient (Wildman–Crippen LogP) is 10.8. The van der Waals surface area contributed by atoms with Crippen LogP contribution in [0.3, 0.4) is 0 Å². The third-order valence-corrected chi connectivity index (χ3v) is 9.38. The Bertz CT molecular complexity index is 1700. The molecule has 1 amide bonds. The van der Waals surface area contributed by atoms with Crippen LogP contribution in [-0.4, -0.2) is 11.1 Å². The monoisotopic (exact) mass is 728 g/mol. The summed E-state index contributed by atoms with van der Waals surface area (Å²) in [5, 5.41) is 1.70. The van der Waals surface area contributed by atoms with Gasteiger partial charge in [-0.2, -0.15) is 0 Å². The van der Waals surface area contributed by atoms with Crippen LogP contribution in [0.25, 0.3) is 6.08 Å². The molecule has 0 radical (unpaired) electrons. The minimum absolute atomic E-state index is 0.196. The molecule has 1 fully saturated rings. The number of hydrogen-bond donors (Lipinski definition) is 0. The van der Waals surface area contributed by atoms with Crippen molar-refractivity contribution in [2.75, 3.05) is 4.90 Å². The molecule has 0 spiro atoms. The number of ether oxygens (including phenoxy) is 1. The zero-order valence-corrected chi connectivity index (χ0v) is 27.8. The summed E-state index contributed by atoms with van der Waals surface area (Å²) in [6, 6.07) is 23.2. The SMILES string of the molecule is Cc1ccc(COc2c(Br)cc(/C=C3/SC(=Nc4ccc(C)c(Cl)c4)N(c4ccc(C)c(Cl)c4)C3=O)cc2Br)cc1. The molecule has 4 nitrogen and oxygen atoms in total. The van der Waals surface area contributed by atoms with E-state index in [9.17, 15) is 4.79 Å². The normalized spacial score (nSPS) is 15.3. The molecule has 0 aromatic heterocycles. The number of aliphatic imine (C=N–C) groups is 1. The minimum atomic E-state index is -0.196. The van der Waals surface area contributed by atoms with Gasteiger partial charge in [0.1, 0.15) is 12.4 Å². The van der Waals surface area contributed by atoms with E-state index in [0.29, 0.717) is 43.8 Å². The van der Waals surface area contributed by atoms with Crippen molar-refractivity contribution in [1.29, 1.82) is 0 Å². The number of carbonyl (C=O) groups excluding carboxylic acids is 1. The smallest absolute Gasteiger partial charge is 0.271 e. The van der Waals surface area contributed by atoms with Crippen LogP contribution in [0.2, 0.25) is 10.0 Å². The maximum absolute atomic E-state index is 13.8. The predicted molar refractivity (Wildman–Crippen MR) is 180 cm³/mol. The van der Waals surface area contributed by atoms with Crippen LogP contribution in [0.5, 0.6) is 5.75 Å². The fourth-order valence-electron chi connectivity index (χ4n) is 4.05. The molecular weight excluding hydrogens is 707 g/mol. The Morgan fingerprint density at radius 3 is 2.15 bits per heavy atom. The van der Waals surface area contributed by atoms with Gasteiger partial charge in [0.15, 0.2) is 5.17 Å². The molecule has 4 aromatic carbocycles. The van der Waals surface area contributed by atoms with Crippen molar-refractivity contribution < 1.29 is 9.53 Å². The molecule has 1 aliphatic rings. The topological polar surface area (TPSA) is 41.9 Å². The maximum atomic E-state index is 13.8. The van der Waals surface area contributed by atoms with Crippen molar-refractivity contribution in [1.82, 2.24) is 0 Å². The second kappa shape index (κ2) is 12.8. The molecule has 1 aliphatic heterocycles. The van der Waals surface area contributed by atoms with Crippen LogP contribution in [0, 0.1) is 20.8 Å². The van der Waals surface area contributed by atoms with Gasteiger partial charge in [0.05, 0.1) is 25.2 Å². The van der Waals surface area contributed by atoms with Crippen LogP contribution in [0.4, 0.5) is 11.4 Å². The van der Waals surface area contributed by atoms with Crippen LogP contribution < -0.4 is 9.64 Å². The van der Waals surface area contributed by atoms with E-state index in [2.05, 4.69) is 63.0 Å². The van der Waals surface area contributed by atoms with E-state index in [1.807, 2.05) is 56.3 Å². The van der Waals surface area contributed by atoms with E-state index in [-0.39, 0.29) is 5.91 Å². The van der Waals surface area contributed by atoms with Crippen LogP contribution in [0.1, 0.15) is 27.8 Å². The zero-order chi connectivity index (χ0) is 29.3. The van der Waals surface area contributed by atoms with Crippen molar-refractivity contribution in [3.63, 3.8) is 0 Å². The molecule has 1 heterocycles. The summed E-state index contributed by atoms with van der Waals surface area (Å²) < 4.78 is 7.64. The van der Waals surface area contributed by atoms with Gasteiger partial charge in [0, 0.05) is 10.0 Å². The standard InChI is InChI=1S/C32H24Br2Cl2N2O2S/c1-18-4-8-21(9-5-18)17-40-30-25(33)12-22(13-26(30)34)14-29-31(39)38(24-11-7-20(3)28(36)16-24)32(41-29)37-23-10-6-19(2)27(35)15-23/h4-16H,17H2,1-3H3/b29-14+,37-32?. The summed E-state index contributed by atoms with van der Waals surface area (Å²) in [5.74, 6) is 0.492. The van der Waals surface area contributed by atoms with Crippen LogP contribution >= 0.6 is 66.8 Å². The fourth-order valence-corrected chi connectivity index (χ4v) is 6.85. The number of thioether (sulfide) groups is 1. The first-order valence-corrected chi connectivity index (χ1v) is 15.8. The number of benzene rings is 4. The largest absolute Gasteiger partial charge is 0.487 e. The van der Waals surface area contributed by atoms with Gasteiger partial charge in [-0.1, -0.05) is 65.2 Å². The van der Waals surface area contributed by atoms with Crippen LogP contribution in [0.15, 0.2) is 91.6 Å². The van der Waals surface area contributed by atoms with E-state index >= 15 is 0 Å². The molecule has 208 valence electrons. The first-order valence-electron chi connectivity index (χ1n) is 12.6. The molecule has 5 rings (SSSR count). The highest BCUT2D eigenvalue weighted by atomic mass is 79.9. The molecule has 9 heteroatoms. The van der Waals surface area contributed by atoms with Crippen molar-refractivity contribution in [3.8, 4) is 5.75 Å². The lowest BCUT2D eigenvalue weighted by Crippen LogP contribution is -2.28. The minimum Gasteiger partial charge on any atom is -0.487 e. The molecular formula is C32H24Br2Cl2N2O2S. The molecule has 0 atom stereocenters. The molecule has 0 saturated carbocycles. The molecule has 0 bridgehead atoms. The number of amides is 1. The van der Waals surface area contributed by atoms with Crippen molar-refractivity contribution in [2.24, 2.45) is 4.99 Å². The summed E-state index contributed by atoms with van der Waals surface area (Å²) in [6.07, 6.45) is 1.85. The number of aryl methyl sites for hydroxylation is 3. The lowest BCUT2D eigenvalue weighted by Gasteiger charge is -2.16. The second-order valence-electron chi connectivity index (χ2n) is 9.60.